The van der Waals surface area contributed by atoms with Gasteiger partial charge in [-0.3, -0.25) is 4.79 Å². The van der Waals surface area contributed by atoms with Gasteiger partial charge in [0, 0.05) is 52.7 Å². The molecule has 0 spiro atoms. The number of H-pyrrole nitrogens is 1. The van der Waals surface area contributed by atoms with E-state index < -0.39 is 12.0 Å². The average Bonchev–Trinajstić information content (AvgIpc) is 3.48. The van der Waals surface area contributed by atoms with Crippen LogP contribution in [0.4, 0.5) is 42.0 Å². The van der Waals surface area contributed by atoms with Crippen molar-refractivity contribution in [3.8, 4) is 0 Å². The molecule has 7 nitrogen and oxygen atoms in total. The van der Waals surface area contributed by atoms with Gasteiger partial charge in [0.25, 0.3) is 11.8 Å². The van der Waals surface area contributed by atoms with Crippen LogP contribution < -0.4 is 21.3 Å². The standard InChI is InChI=1S/C29H25F2N5O2/c1-17-8-9-22(35-28(38)34-20-6-3-5-18(13-20)29(2,30)31)15-25(17)33-21-10-11-23-24(14-19-7-4-12-32-19)27(37)36-26(23)16-21/h3-16,32-33H,1-2H3,(H,36,37)(H2,34,35,38)/b24-14-. The van der Waals surface area contributed by atoms with Crippen LogP contribution in [-0.2, 0) is 10.7 Å². The molecule has 1 aromatic heterocycles. The fourth-order valence-electron chi connectivity index (χ4n) is 4.16. The number of benzene rings is 3. The highest BCUT2D eigenvalue weighted by atomic mass is 19.3. The second-order valence-electron chi connectivity index (χ2n) is 9.10. The Balaban J connectivity index is 1.30. The van der Waals surface area contributed by atoms with Gasteiger partial charge in [-0.1, -0.05) is 24.3 Å². The molecule has 0 bridgehead atoms. The lowest BCUT2D eigenvalue weighted by Crippen LogP contribution is -2.20. The van der Waals surface area contributed by atoms with Crippen molar-refractivity contribution in [2.24, 2.45) is 0 Å². The second-order valence-corrected chi connectivity index (χ2v) is 9.10. The number of nitrogens with one attached hydrogen (secondary N) is 5. The van der Waals surface area contributed by atoms with E-state index in [0.717, 1.165) is 35.1 Å². The maximum absolute atomic E-state index is 13.6. The van der Waals surface area contributed by atoms with E-state index in [1.165, 1.54) is 18.2 Å². The van der Waals surface area contributed by atoms with Crippen LogP contribution >= 0.6 is 0 Å². The number of carbonyl (C=O) groups excluding carboxylic acids is 2. The summed E-state index contributed by atoms with van der Waals surface area (Å²) in [6, 6.07) is 19.7. The van der Waals surface area contributed by atoms with Gasteiger partial charge >= 0.3 is 6.03 Å². The molecule has 38 heavy (non-hydrogen) atoms. The Morgan fingerprint density at radius 2 is 1.68 bits per heavy atom. The summed E-state index contributed by atoms with van der Waals surface area (Å²) in [7, 11) is 0. The predicted molar refractivity (Wildman–Crippen MR) is 147 cm³/mol. The van der Waals surface area contributed by atoms with Crippen molar-refractivity contribution >= 4 is 52.0 Å². The van der Waals surface area contributed by atoms with Gasteiger partial charge in [0.1, 0.15) is 0 Å². The summed E-state index contributed by atoms with van der Waals surface area (Å²) in [6.45, 7) is 2.73. The molecule has 4 aromatic rings. The van der Waals surface area contributed by atoms with E-state index >= 15 is 0 Å². The first-order valence-corrected chi connectivity index (χ1v) is 11.9. The smallest absolute Gasteiger partial charge is 0.323 e. The van der Waals surface area contributed by atoms with Crippen molar-refractivity contribution in [1.82, 2.24) is 4.98 Å². The molecular weight excluding hydrogens is 488 g/mol. The summed E-state index contributed by atoms with van der Waals surface area (Å²) in [5, 5.41) is 11.6. The summed E-state index contributed by atoms with van der Waals surface area (Å²) in [6.07, 6.45) is 3.61. The molecule has 2 heterocycles. The number of rotatable bonds is 6. The van der Waals surface area contributed by atoms with E-state index in [1.807, 2.05) is 49.4 Å². The van der Waals surface area contributed by atoms with Crippen molar-refractivity contribution in [2.75, 3.05) is 21.3 Å². The number of urea groups is 1. The van der Waals surface area contributed by atoms with Gasteiger partial charge in [-0.15, -0.1) is 0 Å². The normalized spacial score (nSPS) is 13.7. The molecule has 5 rings (SSSR count). The van der Waals surface area contributed by atoms with Gasteiger partial charge in [0.2, 0.25) is 0 Å². The van der Waals surface area contributed by atoms with Gasteiger partial charge in [-0.25, -0.2) is 13.6 Å². The van der Waals surface area contributed by atoms with Gasteiger partial charge in [0.05, 0.1) is 11.3 Å². The fourth-order valence-corrected chi connectivity index (χ4v) is 4.16. The number of aromatic nitrogens is 1. The number of hydrogen-bond donors (Lipinski definition) is 5. The van der Waals surface area contributed by atoms with E-state index in [1.54, 1.807) is 24.4 Å². The van der Waals surface area contributed by atoms with Crippen LogP contribution in [0, 0.1) is 6.92 Å². The summed E-state index contributed by atoms with van der Waals surface area (Å²) in [5.41, 5.74) is 5.96. The fraction of sp³-hybridized carbons (Fsp3) is 0.103. The second kappa shape index (κ2) is 9.85. The highest BCUT2D eigenvalue weighted by Gasteiger charge is 2.25. The van der Waals surface area contributed by atoms with E-state index in [4.69, 9.17) is 0 Å². The number of anilines is 5. The van der Waals surface area contributed by atoms with Gasteiger partial charge in [-0.2, -0.15) is 0 Å². The van der Waals surface area contributed by atoms with Gasteiger partial charge in [-0.05, 0) is 67.1 Å². The summed E-state index contributed by atoms with van der Waals surface area (Å²) in [4.78, 5) is 28.1. The number of carbonyl (C=O) groups is 2. The van der Waals surface area contributed by atoms with Crippen molar-refractivity contribution < 1.29 is 18.4 Å². The molecular formula is C29H25F2N5O2. The average molecular weight is 514 g/mol. The molecule has 3 aromatic carbocycles. The molecule has 5 N–H and O–H groups in total. The number of aryl methyl sites for hydroxylation is 1. The predicted octanol–water partition coefficient (Wildman–Crippen LogP) is 7.32. The topological polar surface area (TPSA) is 98.0 Å². The van der Waals surface area contributed by atoms with E-state index in [2.05, 4.69) is 26.3 Å². The number of amides is 3. The van der Waals surface area contributed by atoms with Crippen LogP contribution in [-0.4, -0.2) is 16.9 Å². The van der Waals surface area contributed by atoms with Gasteiger partial charge < -0.3 is 26.3 Å². The highest BCUT2D eigenvalue weighted by Crippen LogP contribution is 2.36. The zero-order chi connectivity index (χ0) is 26.9. The van der Waals surface area contributed by atoms with Crippen LogP contribution in [0.3, 0.4) is 0 Å². The minimum Gasteiger partial charge on any atom is -0.362 e. The number of halogens is 2. The molecule has 3 amide bonds. The molecule has 0 atom stereocenters. The summed E-state index contributed by atoms with van der Waals surface area (Å²) in [5.74, 6) is -3.18. The Labute approximate surface area is 218 Å². The van der Waals surface area contributed by atoms with E-state index in [9.17, 15) is 18.4 Å². The Kier molecular flexibility index (Phi) is 6.42. The SMILES string of the molecule is Cc1ccc(NC(=O)Nc2cccc(C(C)(F)F)c2)cc1Nc1ccc2c(c1)NC(=O)/C2=C\c1ccc[nH]1. The van der Waals surface area contributed by atoms with E-state index in [-0.39, 0.29) is 17.2 Å². The molecule has 0 radical (unpaired) electrons. The highest BCUT2D eigenvalue weighted by molar-refractivity contribution is 6.35. The summed E-state index contributed by atoms with van der Waals surface area (Å²) >= 11 is 0. The third-order valence-corrected chi connectivity index (χ3v) is 6.13. The monoisotopic (exact) mass is 513 g/mol. The zero-order valence-corrected chi connectivity index (χ0v) is 20.7. The first kappa shape index (κ1) is 24.8. The lowest BCUT2D eigenvalue weighted by molar-refractivity contribution is -0.110. The number of aromatic amines is 1. The van der Waals surface area contributed by atoms with E-state index in [0.29, 0.717) is 16.9 Å². The number of fused-ring (bicyclic) bond motifs is 1. The summed E-state index contributed by atoms with van der Waals surface area (Å²) < 4.78 is 27.2. The lowest BCUT2D eigenvalue weighted by atomic mass is 10.1. The third-order valence-electron chi connectivity index (χ3n) is 6.13. The third kappa shape index (κ3) is 5.41. The first-order chi connectivity index (χ1) is 18.2. The van der Waals surface area contributed by atoms with Crippen LogP contribution in [0.15, 0.2) is 79.0 Å². The van der Waals surface area contributed by atoms with Crippen LogP contribution in [0.25, 0.3) is 11.6 Å². The number of alkyl halides is 2. The van der Waals surface area contributed by atoms with Crippen molar-refractivity contribution in [1.29, 1.82) is 0 Å². The number of hydrogen-bond acceptors (Lipinski definition) is 3. The lowest BCUT2D eigenvalue weighted by Gasteiger charge is -2.15. The molecule has 0 saturated heterocycles. The molecule has 0 aliphatic carbocycles. The largest absolute Gasteiger partial charge is 0.362 e. The van der Waals surface area contributed by atoms with Crippen molar-refractivity contribution in [2.45, 2.75) is 19.8 Å². The molecule has 0 saturated carbocycles. The Hall–Kier alpha value is -4.92. The minimum atomic E-state index is -3.01. The Bertz CT molecular complexity index is 1560. The molecule has 0 unspecified atom stereocenters. The van der Waals surface area contributed by atoms with Gasteiger partial charge in [0.15, 0.2) is 0 Å². The molecule has 1 aliphatic rings. The van der Waals surface area contributed by atoms with Crippen molar-refractivity contribution in [3.05, 3.63) is 101 Å². The molecule has 9 heteroatoms. The maximum atomic E-state index is 13.6. The van der Waals surface area contributed by atoms with Crippen LogP contribution in [0.5, 0.6) is 0 Å². The first-order valence-electron chi connectivity index (χ1n) is 11.9. The minimum absolute atomic E-state index is 0.173. The van der Waals surface area contributed by atoms with Crippen molar-refractivity contribution in [3.63, 3.8) is 0 Å². The Morgan fingerprint density at radius 3 is 2.42 bits per heavy atom. The quantitative estimate of drug-likeness (QED) is 0.175. The molecule has 0 fully saturated rings. The van der Waals surface area contributed by atoms with Crippen LogP contribution in [0.2, 0.25) is 0 Å². The molecule has 1 aliphatic heterocycles. The maximum Gasteiger partial charge on any atom is 0.323 e. The van der Waals surface area contributed by atoms with Crippen LogP contribution in [0.1, 0.15) is 29.3 Å². The molecule has 192 valence electrons. The zero-order valence-electron chi connectivity index (χ0n) is 20.7. The Morgan fingerprint density at radius 1 is 0.921 bits per heavy atom.